The van der Waals surface area contributed by atoms with Crippen molar-refractivity contribution >= 4 is 32.4 Å². The molecule has 0 spiro atoms. The van der Waals surface area contributed by atoms with Crippen molar-refractivity contribution in [3.05, 3.63) is 195 Å². The fourth-order valence-corrected chi connectivity index (χ4v) is 7.58. The Morgan fingerprint density at radius 3 is 1.70 bits per heavy atom. The molecule has 4 nitrogen and oxygen atoms in total. The Balaban J connectivity index is 1.05. The molecular weight excluding hydrogens is 657 g/mol. The molecule has 0 aliphatic rings. The standard InChI is InChI=1S/C50H32N4/c1-2-10-41-39(8-1)30-46(44-12-4-3-11-43(41)44)35-21-25-38(26-22-35)50-53-32-47(49(54-50)37-23-15-33(16-24-37)40-9-7-28-51-31-40)36-19-17-34(18-20-36)42-27-29-52-48-14-6-5-13-45(42)48/h1-32H. The molecule has 3 aromatic heterocycles. The molecular formula is C50H32N4. The van der Waals surface area contributed by atoms with Crippen molar-refractivity contribution in [3.8, 4) is 67.2 Å². The number of hydrogen-bond donors (Lipinski definition) is 0. The van der Waals surface area contributed by atoms with Crippen LogP contribution in [0.3, 0.4) is 0 Å². The molecule has 3 heterocycles. The molecule has 0 amide bonds. The minimum atomic E-state index is 0.680. The Morgan fingerprint density at radius 2 is 0.944 bits per heavy atom. The first-order valence-electron chi connectivity index (χ1n) is 18.1. The maximum absolute atomic E-state index is 5.28. The monoisotopic (exact) mass is 688 g/mol. The smallest absolute Gasteiger partial charge is 0.159 e. The second kappa shape index (κ2) is 13.4. The van der Waals surface area contributed by atoms with Crippen molar-refractivity contribution in [2.75, 3.05) is 0 Å². The normalized spacial score (nSPS) is 11.3. The second-order valence-electron chi connectivity index (χ2n) is 13.5. The van der Waals surface area contributed by atoms with Gasteiger partial charge in [0.2, 0.25) is 0 Å². The lowest BCUT2D eigenvalue weighted by Crippen LogP contribution is -1.96. The van der Waals surface area contributed by atoms with E-state index in [1.54, 1.807) is 6.20 Å². The van der Waals surface area contributed by atoms with E-state index >= 15 is 0 Å². The Kier molecular flexibility index (Phi) is 7.77. The Morgan fingerprint density at radius 1 is 0.333 bits per heavy atom. The van der Waals surface area contributed by atoms with E-state index in [1.807, 2.05) is 30.7 Å². The summed E-state index contributed by atoms with van der Waals surface area (Å²) in [6, 6.07) is 59.8. The van der Waals surface area contributed by atoms with E-state index in [2.05, 4.69) is 168 Å². The minimum Gasteiger partial charge on any atom is -0.264 e. The van der Waals surface area contributed by atoms with Gasteiger partial charge >= 0.3 is 0 Å². The highest BCUT2D eigenvalue weighted by Crippen LogP contribution is 2.38. The molecule has 0 bridgehead atoms. The highest BCUT2D eigenvalue weighted by atomic mass is 14.9. The summed E-state index contributed by atoms with van der Waals surface area (Å²) >= 11 is 0. The molecule has 7 aromatic carbocycles. The average molecular weight is 689 g/mol. The van der Waals surface area contributed by atoms with Crippen LogP contribution >= 0.6 is 0 Å². The highest BCUT2D eigenvalue weighted by Gasteiger charge is 2.15. The van der Waals surface area contributed by atoms with Gasteiger partial charge in [0.1, 0.15) is 0 Å². The van der Waals surface area contributed by atoms with E-state index in [9.17, 15) is 0 Å². The van der Waals surface area contributed by atoms with Crippen LogP contribution in [-0.2, 0) is 0 Å². The molecule has 0 N–H and O–H groups in total. The van der Waals surface area contributed by atoms with Gasteiger partial charge in [0.25, 0.3) is 0 Å². The van der Waals surface area contributed by atoms with Crippen LogP contribution in [0, 0.1) is 0 Å². The van der Waals surface area contributed by atoms with Gasteiger partial charge in [0.15, 0.2) is 5.82 Å². The van der Waals surface area contributed by atoms with Gasteiger partial charge in [-0.15, -0.1) is 0 Å². The van der Waals surface area contributed by atoms with Crippen molar-refractivity contribution < 1.29 is 0 Å². The van der Waals surface area contributed by atoms with Crippen molar-refractivity contribution in [2.45, 2.75) is 0 Å². The Hall–Kier alpha value is -7.30. The van der Waals surface area contributed by atoms with Crippen LogP contribution in [0.1, 0.15) is 0 Å². The lowest BCUT2D eigenvalue weighted by Gasteiger charge is -2.14. The maximum atomic E-state index is 5.28. The van der Waals surface area contributed by atoms with Crippen molar-refractivity contribution in [2.24, 2.45) is 0 Å². The van der Waals surface area contributed by atoms with Crippen LogP contribution in [0.2, 0.25) is 0 Å². The van der Waals surface area contributed by atoms with Crippen molar-refractivity contribution in [1.82, 2.24) is 19.9 Å². The predicted molar refractivity (Wildman–Crippen MR) is 223 cm³/mol. The lowest BCUT2D eigenvalue weighted by atomic mass is 9.93. The van der Waals surface area contributed by atoms with Gasteiger partial charge in [-0.3, -0.25) is 9.97 Å². The zero-order chi connectivity index (χ0) is 35.8. The fourth-order valence-electron chi connectivity index (χ4n) is 7.58. The molecule has 0 atom stereocenters. The van der Waals surface area contributed by atoms with Gasteiger partial charge in [-0.25, -0.2) is 9.97 Å². The molecule has 0 aliphatic heterocycles. The summed E-state index contributed by atoms with van der Waals surface area (Å²) in [5.41, 5.74) is 12.7. The quantitative estimate of drug-likeness (QED) is 0.163. The van der Waals surface area contributed by atoms with Gasteiger partial charge < -0.3 is 0 Å². The molecule has 0 aliphatic carbocycles. The van der Waals surface area contributed by atoms with E-state index in [-0.39, 0.29) is 0 Å². The van der Waals surface area contributed by atoms with Crippen molar-refractivity contribution in [1.29, 1.82) is 0 Å². The first kappa shape index (κ1) is 31.4. The first-order valence-corrected chi connectivity index (χ1v) is 18.1. The summed E-state index contributed by atoms with van der Waals surface area (Å²) in [6.07, 6.45) is 7.53. The summed E-state index contributed by atoms with van der Waals surface area (Å²) in [7, 11) is 0. The molecule has 0 saturated heterocycles. The summed E-state index contributed by atoms with van der Waals surface area (Å²) in [5, 5.41) is 6.13. The molecule has 0 unspecified atom stereocenters. The van der Waals surface area contributed by atoms with E-state index in [1.165, 1.54) is 27.1 Å². The third-order valence-electron chi connectivity index (χ3n) is 10.3. The summed E-state index contributed by atoms with van der Waals surface area (Å²) in [5.74, 6) is 0.680. The van der Waals surface area contributed by atoms with Crippen LogP contribution in [0.25, 0.3) is 99.6 Å². The number of nitrogens with zero attached hydrogens (tertiary/aromatic N) is 4. The van der Waals surface area contributed by atoms with Gasteiger partial charge in [0, 0.05) is 46.9 Å². The molecule has 0 fully saturated rings. The third-order valence-corrected chi connectivity index (χ3v) is 10.3. The van der Waals surface area contributed by atoms with E-state index in [0.29, 0.717) is 5.82 Å². The number of hydrogen-bond acceptors (Lipinski definition) is 4. The zero-order valence-corrected chi connectivity index (χ0v) is 29.3. The molecule has 10 aromatic rings. The summed E-state index contributed by atoms with van der Waals surface area (Å²) < 4.78 is 0. The van der Waals surface area contributed by atoms with Gasteiger partial charge in [-0.2, -0.15) is 0 Å². The molecule has 252 valence electrons. The number of para-hydroxylation sites is 1. The average Bonchev–Trinajstić information content (AvgIpc) is 3.26. The minimum absolute atomic E-state index is 0.680. The Labute approximate surface area is 313 Å². The second-order valence-corrected chi connectivity index (χ2v) is 13.5. The van der Waals surface area contributed by atoms with E-state index in [0.717, 1.165) is 66.7 Å². The summed E-state index contributed by atoms with van der Waals surface area (Å²) in [4.78, 5) is 19.1. The largest absolute Gasteiger partial charge is 0.264 e. The van der Waals surface area contributed by atoms with Crippen LogP contribution in [0.4, 0.5) is 0 Å². The van der Waals surface area contributed by atoms with Crippen molar-refractivity contribution in [3.63, 3.8) is 0 Å². The molecule has 4 heteroatoms. The SMILES string of the molecule is c1cncc(-c2ccc(-c3nc(-c4ccc(-c5cc6ccccc6c6ccccc56)cc4)ncc3-c3ccc(-c4ccnc5ccccc45)cc3)cc2)c1. The van der Waals surface area contributed by atoms with Crippen LogP contribution < -0.4 is 0 Å². The van der Waals surface area contributed by atoms with Gasteiger partial charge in [-0.1, -0.05) is 146 Å². The number of aromatic nitrogens is 4. The van der Waals surface area contributed by atoms with Gasteiger partial charge in [-0.05, 0) is 84.8 Å². The predicted octanol–water partition coefficient (Wildman–Crippen LogP) is 12.7. The van der Waals surface area contributed by atoms with E-state index in [4.69, 9.17) is 9.97 Å². The lowest BCUT2D eigenvalue weighted by molar-refractivity contribution is 1.18. The third kappa shape index (κ3) is 5.67. The molecule has 0 saturated carbocycles. The topological polar surface area (TPSA) is 51.6 Å². The zero-order valence-electron chi connectivity index (χ0n) is 29.3. The number of benzene rings is 7. The fraction of sp³-hybridized carbons (Fsp3) is 0. The number of pyridine rings is 2. The van der Waals surface area contributed by atoms with Crippen LogP contribution in [0.5, 0.6) is 0 Å². The summed E-state index contributed by atoms with van der Waals surface area (Å²) in [6.45, 7) is 0. The van der Waals surface area contributed by atoms with Gasteiger partial charge in [0.05, 0.1) is 11.2 Å². The first-order chi connectivity index (χ1) is 26.8. The van der Waals surface area contributed by atoms with Crippen LogP contribution in [0.15, 0.2) is 195 Å². The highest BCUT2D eigenvalue weighted by molar-refractivity contribution is 6.13. The molecule has 0 radical (unpaired) electrons. The molecule has 54 heavy (non-hydrogen) atoms. The Bertz CT molecular complexity index is 2950. The number of rotatable bonds is 6. The van der Waals surface area contributed by atoms with E-state index < -0.39 is 0 Å². The molecule has 10 rings (SSSR count). The number of fused-ring (bicyclic) bond motifs is 4. The maximum Gasteiger partial charge on any atom is 0.159 e. The van der Waals surface area contributed by atoms with Crippen LogP contribution in [-0.4, -0.2) is 19.9 Å².